The third-order valence-corrected chi connectivity index (χ3v) is 4.11. The number of aliphatic imine (C=N–C) groups is 1. The van der Waals surface area contributed by atoms with Crippen LogP contribution < -0.4 is 15.4 Å². The molecule has 2 N–H and O–H groups in total. The third kappa shape index (κ3) is 7.36. The Bertz CT molecular complexity index is 680. The van der Waals surface area contributed by atoms with Gasteiger partial charge in [0.25, 0.3) is 0 Å². The van der Waals surface area contributed by atoms with Crippen LogP contribution in [0.15, 0.2) is 40.8 Å². The maximum atomic E-state index is 12.8. The average molecular weight is 500 g/mol. The Morgan fingerprint density at radius 2 is 2.00 bits per heavy atom. The number of rotatable bonds is 7. The van der Waals surface area contributed by atoms with Crippen molar-refractivity contribution in [3.05, 3.63) is 46.3 Å². The van der Waals surface area contributed by atoms with E-state index in [1.54, 1.807) is 18.4 Å². The summed E-state index contributed by atoms with van der Waals surface area (Å²) in [5, 5.41) is 8.14. The van der Waals surface area contributed by atoms with Crippen molar-refractivity contribution in [2.24, 2.45) is 4.99 Å². The van der Waals surface area contributed by atoms with Crippen molar-refractivity contribution in [2.45, 2.75) is 12.6 Å². The minimum absolute atomic E-state index is 0. The predicted molar refractivity (Wildman–Crippen MR) is 108 cm³/mol. The molecule has 0 aliphatic heterocycles. The van der Waals surface area contributed by atoms with Crippen molar-refractivity contribution in [1.82, 2.24) is 15.6 Å². The summed E-state index contributed by atoms with van der Waals surface area (Å²) in [6.07, 6.45) is -2.35. The van der Waals surface area contributed by atoms with Crippen molar-refractivity contribution in [3.63, 3.8) is 0 Å². The summed E-state index contributed by atoms with van der Waals surface area (Å²) in [7, 11) is 1.63. The molecule has 0 aliphatic carbocycles. The number of ether oxygens (including phenoxy) is 1. The van der Waals surface area contributed by atoms with Crippen molar-refractivity contribution in [3.8, 4) is 5.88 Å². The van der Waals surface area contributed by atoms with Crippen LogP contribution in [0, 0.1) is 0 Å². The highest BCUT2D eigenvalue weighted by molar-refractivity contribution is 14.0. The number of thiophene rings is 1. The molecule has 144 valence electrons. The summed E-state index contributed by atoms with van der Waals surface area (Å²) in [5.74, 6) is 0.148. The van der Waals surface area contributed by atoms with Crippen LogP contribution in [-0.2, 0) is 12.6 Å². The molecule has 0 amide bonds. The zero-order valence-corrected chi connectivity index (χ0v) is 17.2. The van der Waals surface area contributed by atoms with Gasteiger partial charge in [0.15, 0.2) is 5.96 Å². The maximum Gasteiger partial charge on any atom is 0.421 e. The molecular formula is C16H20F3IN4OS. The molecular weight excluding hydrogens is 480 g/mol. The summed E-state index contributed by atoms with van der Waals surface area (Å²) in [6.45, 7) is 1.04. The molecule has 0 saturated carbocycles. The zero-order valence-electron chi connectivity index (χ0n) is 14.0. The topological polar surface area (TPSA) is 58.5 Å². The zero-order chi connectivity index (χ0) is 18.1. The number of nitrogens with one attached hydrogen (secondary N) is 2. The minimum atomic E-state index is -4.49. The predicted octanol–water partition coefficient (Wildman–Crippen LogP) is 3.57. The number of guanidine groups is 1. The van der Waals surface area contributed by atoms with Crippen LogP contribution >= 0.6 is 35.3 Å². The van der Waals surface area contributed by atoms with E-state index in [9.17, 15) is 13.2 Å². The van der Waals surface area contributed by atoms with Gasteiger partial charge in [0, 0.05) is 24.7 Å². The molecule has 2 aromatic heterocycles. The second kappa shape index (κ2) is 11.2. The van der Waals surface area contributed by atoms with Gasteiger partial charge in [-0.3, -0.25) is 4.99 Å². The van der Waals surface area contributed by atoms with Gasteiger partial charge in [0.1, 0.15) is 12.2 Å². The van der Waals surface area contributed by atoms with E-state index in [2.05, 4.69) is 26.7 Å². The number of hydrogen-bond acceptors (Lipinski definition) is 4. The van der Waals surface area contributed by atoms with Gasteiger partial charge in [0.2, 0.25) is 5.88 Å². The summed E-state index contributed by atoms with van der Waals surface area (Å²) in [6, 6.07) is 6.23. The molecule has 26 heavy (non-hydrogen) atoms. The van der Waals surface area contributed by atoms with Gasteiger partial charge in [-0.2, -0.15) is 13.2 Å². The number of halogens is 4. The fourth-order valence-electron chi connectivity index (χ4n) is 2.02. The first-order valence-electron chi connectivity index (χ1n) is 7.62. The smallest absolute Gasteiger partial charge is 0.421 e. The highest BCUT2D eigenvalue weighted by Gasteiger charge is 2.34. The molecule has 2 aromatic rings. The first kappa shape index (κ1) is 22.5. The molecule has 10 heteroatoms. The maximum absolute atomic E-state index is 12.8. The summed E-state index contributed by atoms with van der Waals surface area (Å²) < 4.78 is 43.6. The first-order valence-corrected chi connectivity index (χ1v) is 8.50. The van der Waals surface area contributed by atoms with Gasteiger partial charge in [0.05, 0.1) is 6.54 Å². The van der Waals surface area contributed by atoms with Crippen molar-refractivity contribution < 1.29 is 17.9 Å². The molecule has 0 aliphatic rings. The van der Waals surface area contributed by atoms with Crippen LogP contribution in [0.25, 0.3) is 0 Å². The van der Waals surface area contributed by atoms with E-state index >= 15 is 0 Å². The van der Waals surface area contributed by atoms with Crippen LogP contribution in [0.5, 0.6) is 5.88 Å². The first-order chi connectivity index (χ1) is 12.0. The van der Waals surface area contributed by atoms with Crippen molar-refractivity contribution in [2.75, 3.05) is 26.7 Å². The minimum Gasteiger partial charge on any atom is -0.475 e. The SMILES string of the molecule is CN=C(NCCOc1ncccc1C(F)(F)F)NCCc1cccs1.I. The lowest BCUT2D eigenvalue weighted by Gasteiger charge is -2.14. The van der Waals surface area contributed by atoms with Crippen LogP contribution in [0.4, 0.5) is 13.2 Å². The summed E-state index contributed by atoms with van der Waals surface area (Å²) >= 11 is 1.69. The van der Waals surface area contributed by atoms with Crippen LogP contribution in [0.1, 0.15) is 10.4 Å². The van der Waals surface area contributed by atoms with Gasteiger partial charge in [-0.15, -0.1) is 35.3 Å². The van der Waals surface area contributed by atoms with E-state index in [1.165, 1.54) is 17.1 Å². The Morgan fingerprint density at radius 3 is 2.65 bits per heavy atom. The fourth-order valence-corrected chi connectivity index (χ4v) is 2.73. The molecule has 5 nitrogen and oxygen atoms in total. The van der Waals surface area contributed by atoms with E-state index in [4.69, 9.17) is 4.74 Å². The summed E-state index contributed by atoms with van der Waals surface area (Å²) in [4.78, 5) is 8.97. The lowest BCUT2D eigenvalue weighted by Crippen LogP contribution is -2.40. The van der Waals surface area contributed by atoms with Crippen LogP contribution in [-0.4, -0.2) is 37.7 Å². The molecule has 2 heterocycles. The standard InChI is InChI=1S/C16H19F3N4OS.HI/c1-20-15(22-8-6-12-4-3-11-25-12)23-9-10-24-14-13(16(17,18)19)5-2-7-21-14;/h2-5,7,11H,6,8-10H2,1H3,(H2,20,22,23);1H. The third-order valence-electron chi connectivity index (χ3n) is 3.18. The second-order valence-corrected chi connectivity index (χ2v) is 5.99. The molecule has 0 bridgehead atoms. The molecule has 0 saturated heterocycles. The Hall–Kier alpha value is -1.56. The molecule has 0 radical (unpaired) electrons. The second-order valence-electron chi connectivity index (χ2n) is 4.96. The Morgan fingerprint density at radius 1 is 1.23 bits per heavy atom. The van der Waals surface area contributed by atoms with Gasteiger partial charge >= 0.3 is 6.18 Å². The van der Waals surface area contributed by atoms with E-state index < -0.39 is 17.6 Å². The van der Waals surface area contributed by atoms with E-state index in [-0.39, 0.29) is 30.6 Å². The Kier molecular flexibility index (Phi) is 9.70. The molecule has 0 atom stereocenters. The Balaban J connectivity index is 0.00000338. The van der Waals surface area contributed by atoms with Crippen molar-refractivity contribution >= 4 is 41.3 Å². The molecule has 0 fully saturated rings. The van der Waals surface area contributed by atoms with Gasteiger partial charge in [-0.05, 0) is 30.0 Å². The van der Waals surface area contributed by atoms with Gasteiger partial charge in [-0.25, -0.2) is 4.98 Å². The lowest BCUT2D eigenvalue weighted by molar-refractivity contribution is -0.139. The molecule has 0 unspecified atom stereocenters. The van der Waals surface area contributed by atoms with E-state index in [0.717, 1.165) is 12.5 Å². The number of alkyl halides is 3. The largest absolute Gasteiger partial charge is 0.475 e. The van der Waals surface area contributed by atoms with Gasteiger partial charge < -0.3 is 15.4 Å². The monoisotopic (exact) mass is 500 g/mol. The number of pyridine rings is 1. The normalized spacial score (nSPS) is 11.6. The van der Waals surface area contributed by atoms with E-state index in [0.29, 0.717) is 19.0 Å². The summed E-state index contributed by atoms with van der Waals surface area (Å²) in [5.41, 5.74) is -0.881. The molecule has 0 spiro atoms. The number of aromatic nitrogens is 1. The highest BCUT2D eigenvalue weighted by atomic mass is 127. The van der Waals surface area contributed by atoms with E-state index in [1.807, 2.05) is 11.4 Å². The van der Waals surface area contributed by atoms with Crippen molar-refractivity contribution in [1.29, 1.82) is 0 Å². The number of nitrogens with zero attached hydrogens (tertiary/aromatic N) is 2. The fraction of sp³-hybridized carbons (Fsp3) is 0.375. The van der Waals surface area contributed by atoms with Crippen LogP contribution in [0.3, 0.4) is 0 Å². The lowest BCUT2D eigenvalue weighted by atomic mass is 10.2. The quantitative estimate of drug-likeness (QED) is 0.264. The molecule has 0 aromatic carbocycles. The van der Waals surface area contributed by atoms with Crippen LogP contribution in [0.2, 0.25) is 0 Å². The number of hydrogen-bond donors (Lipinski definition) is 2. The highest BCUT2D eigenvalue weighted by Crippen LogP contribution is 2.34. The molecule has 2 rings (SSSR count). The van der Waals surface area contributed by atoms with Gasteiger partial charge in [-0.1, -0.05) is 6.07 Å². The Labute approximate surface area is 171 Å². The average Bonchev–Trinajstić information content (AvgIpc) is 3.10.